The molecule has 3 rings (SSSR count). The van der Waals surface area contributed by atoms with E-state index >= 15 is 0 Å². The predicted octanol–water partition coefficient (Wildman–Crippen LogP) is 4.75. The van der Waals surface area contributed by atoms with Crippen molar-refractivity contribution < 1.29 is 9.53 Å². The number of carbonyl (C=O) groups is 1. The molecule has 0 heterocycles. The highest BCUT2D eigenvalue weighted by Gasteiger charge is 2.11. The van der Waals surface area contributed by atoms with Crippen LogP contribution in [0.5, 0.6) is 5.75 Å². The first-order valence-electron chi connectivity index (χ1n) is 9.10. The Hall–Kier alpha value is -3.31. The molecule has 0 saturated carbocycles. The second-order valence-corrected chi connectivity index (χ2v) is 7.03. The summed E-state index contributed by atoms with van der Waals surface area (Å²) in [6, 6.07) is 22.3. The van der Waals surface area contributed by atoms with Crippen LogP contribution in [-0.4, -0.2) is 26.2 Å². The van der Waals surface area contributed by atoms with Crippen LogP contribution in [0.15, 0.2) is 77.9 Å². The number of anilines is 1. The first-order valence-corrected chi connectivity index (χ1v) is 9.48. The highest BCUT2D eigenvalue weighted by Crippen LogP contribution is 2.20. The van der Waals surface area contributed by atoms with Crippen molar-refractivity contribution in [2.75, 3.05) is 19.0 Å². The van der Waals surface area contributed by atoms with Crippen LogP contribution in [0.2, 0.25) is 5.02 Å². The van der Waals surface area contributed by atoms with Gasteiger partial charge >= 0.3 is 0 Å². The van der Waals surface area contributed by atoms with E-state index in [9.17, 15) is 4.79 Å². The molecule has 1 amide bonds. The smallest absolute Gasteiger partial charge is 0.275 e. The van der Waals surface area contributed by atoms with Gasteiger partial charge in [-0.25, -0.2) is 5.43 Å². The Bertz CT molecular complexity index is 984. The third kappa shape index (κ3) is 5.83. The van der Waals surface area contributed by atoms with E-state index in [0.717, 1.165) is 16.8 Å². The molecule has 6 heteroatoms. The second kappa shape index (κ2) is 9.75. The van der Waals surface area contributed by atoms with Gasteiger partial charge in [-0.2, -0.15) is 5.10 Å². The summed E-state index contributed by atoms with van der Waals surface area (Å²) in [5.41, 5.74) is 5.92. The van der Waals surface area contributed by atoms with Gasteiger partial charge < -0.3 is 9.64 Å². The van der Waals surface area contributed by atoms with Gasteiger partial charge in [0.2, 0.25) is 0 Å². The summed E-state index contributed by atoms with van der Waals surface area (Å²) in [6.45, 7) is 0.336. The van der Waals surface area contributed by atoms with Crippen molar-refractivity contribution in [3.05, 3.63) is 94.5 Å². The van der Waals surface area contributed by atoms with Crippen LogP contribution in [0.3, 0.4) is 0 Å². The van der Waals surface area contributed by atoms with Crippen LogP contribution < -0.4 is 15.1 Å². The Balaban J connectivity index is 1.62. The Labute approximate surface area is 175 Å². The minimum absolute atomic E-state index is 0.335. The molecule has 148 valence electrons. The third-order valence-electron chi connectivity index (χ3n) is 4.23. The van der Waals surface area contributed by atoms with Crippen LogP contribution in [0.1, 0.15) is 21.5 Å². The van der Waals surface area contributed by atoms with E-state index in [0.29, 0.717) is 22.9 Å². The Kier molecular flexibility index (Phi) is 6.87. The van der Waals surface area contributed by atoms with Crippen molar-refractivity contribution in [3.8, 4) is 5.75 Å². The minimum Gasteiger partial charge on any atom is -0.488 e. The number of amides is 1. The third-order valence-corrected chi connectivity index (χ3v) is 4.48. The van der Waals surface area contributed by atoms with E-state index in [1.807, 2.05) is 61.5 Å². The van der Waals surface area contributed by atoms with E-state index in [4.69, 9.17) is 16.3 Å². The molecular formula is C23H22ClN3O2. The van der Waals surface area contributed by atoms with Gasteiger partial charge in [0, 0.05) is 24.8 Å². The Morgan fingerprint density at radius 1 is 1.03 bits per heavy atom. The van der Waals surface area contributed by atoms with Crippen molar-refractivity contribution >= 4 is 29.4 Å². The maximum absolute atomic E-state index is 12.5. The van der Waals surface area contributed by atoms with Gasteiger partial charge in [-0.15, -0.1) is 0 Å². The van der Waals surface area contributed by atoms with Gasteiger partial charge in [0.15, 0.2) is 0 Å². The molecule has 0 fully saturated rings. The number of benzene rings is 3. The fourth-order valence-electron chi connectivity index (χ4n) is 2.61. The molecule has 0 aliphatic heterocycles. The number of nitrogens with zero attached hydrogens (tertiary/aromatic N) is 2. The van der Waals surface area contributed by atoms with Crippen LogP contribution >= 0.6 is 11.6 Å². The highest BCUT2D eigenvalue weighted by atomic mass is 35.5. The van der Waals surface area contributed by atoms with Crippen molar-refractivity contribution in [2.45, 2.75) is 6.61 Å². The van der Waals surface area contributed by atoms with E-state index in [1.54, 1.807) is 36.5 Å². The van der Waals surface area contributed by atoms with Gasteiger partial charge in [0.25, 0.3) is 5.91 Å². The van der Waals surface area contributed by atoms with Crippen molar-refractivity contribution in [1.29, 1.82) is 0 Å². The zero-order chi connectivity index (χ0) is 20.6. The monoisotopic (exact) mass is 407 g/mol. The SMILES string of the molecule is CN(C)c1ccc(C=NNC(=O)c2ccccc2OCc2ccc(Cl)cc2)cc1. The number of carbonyl (C=O) groups excluding carboxylic acids is 1. The predicted molar refractivity (Wildman–Crippen MR) is 118 cm³/mol. The van der Waals surface area contributed by atoms with Crippen LogP contribution in [0, 0.1) is 0 Å². The molecule has 0 aliphatic carbocycles. The Morgan fingerprint density at radius 3 is 2.41 bits per heavy atom. The molecule has 0 atom stereocenters. The standard InChI is InChI=1S/C23H22ClN3O2/c1-27(2)20-13-9-17(10-14-20)15-25-26-23(28)21-5-3-4-6-22(21)29-16-18-7-11-19(24)12-8-18/h3-15H,16H2,1-2H3,(H,26,28). The van der Waals surface area contributed by atoms with E-state index in [1.165, 1.54) is 0 Å². The molecule has 0 aliphatic rings. The fourth-order valence-corrected chi connectivity index (χ4v) is 2.73. The molecule has 0 aromatic heterocycles. The van der Waals surface area contributed by atoms with Crippen molar-refractivity contribution in [3.63, 3.8) is 0 Å². The number of para-hydroxylation sites is 1. The molecule has 0 saturated heterocycles. The first-order chi connectivity index (χ1) is 14.0. The van der Waals surface area contributed by atoms with Crippen molar-refractivity contribution in [2.24, 2.45) is 5.10 Å². The molecule has 29 heavy (non-hydrogen) atoms. The molecule has 0 unspecified atom stereocenters. The minimum atomic E-state index is -0.335. The summed E-state index contributed by atoms with van der Waals surface area (Å²) in [6.07, 6.45) is 1.61. The quantitative estimate of drug-likeness (QED) is 0.454. The van der Waals surface area contributed by atoms with E-state index < -0.39 is 0 Å². The zero-order valence-corrected chi connectivity index (χ0v) is 17.1. The summed E-state index contributed by atoms with van der Waals surface area (Å²) in [4.78, 5) is 14.5. The molecule has 3 aromatic rings. The summed E-state index contributed by atoms with van der Waals surface area (Å²) in [7, 11) is 3.96. The lowest BCUT2D eigenvalue weighted by Crippen LogP contribution is -2.18. The number of halogens is 1. The maximum Gasteiger partial charge on any atom is 0.275 e. The molecule has 5 nitrogen and oxygen atoms in total. The average Bonchev–Trinajstić information content (AvgIpc) is 2.74. The normalized spacial score (nSPS) is 10.7. The lowest BCUT2D eigenvalue weighted by atomic mass is 10.2. The zero-order valence-electron chi connectivity index (χ0n) is 16.3. The molecule has 1 N–H and O–H groups in total. The number of nitrogens with one attached hydrogen (secondary N) is 1. The van der Waals surface area contributed by atoms with Crippen LogP contribution in [0.25, 0.3) is 0 Å². The van der Waals surface area contributed by atoms with Gasteiger partial charge in [-0.3, -0.25) is 4.79 Å². The number of ether oxygens (including phenoxy) is 1. The number of hydrogen-bond acceptors (Lipinski definition) is 4. The topological polar surface area (TPSA) is 53.9 Å². The van der Waals surface area contributed by atoms with Gasteiger partial charge in [-0.05, 0) is 47.5 Å². The fraction of sp³-hybridized carbons (Fsp3) is 0.130. The molecule has 0 radical (unpaired) electrons. The first kappa shape index (κ1) is 20.4. The van der Waals surface area contributed by atoms with E-state index in [2.05, 4.69) is 10.5 Å². The van der Waals surface area contributed by atoms with Crippen LogP contribution in [0.4, 0.5) is 5.69 Å². The number of rotatable bonds is 7. The van der Waals surface area contributed by atoms with Crippen molar-refractivity contribution in [1.82, 2.24) is 5.43 Å². The van der Waals surface area contributed by atoms with Gasteiger partial charge in [0.05, 0.1) is 11.8 Å². The average molecular weight is 408 g/mol. The second-order valence-electron chi connectivity index (χ2n) is 6.60. The molecule has 0 spiro atoms. The lowest BCUT2D eigenvalue weighted by Gasteiger charge is -2.11. The van der Waals surface area contributed by atoms with Gasteiger partial charge in [-0.1, -0.05) is 48.0 Å². The van der Waals surface area contributed by atoms with Gasteiger partial charge in [0.1, 0.15) is 12.4 Å². The number of hydrazone groups is 1. The lowest BCUT2D eigenvalue weighted by molar-refractivity contribution is 0.0950. The van der Waals surface area contributed by atoms with Crippen LogP contribution in [-0.2, 0) is 6.61 Å². The summed E-state index contributed by atoms with van der Waals surface area (Å²) >= 11 is 5.90. The maximum atomic E-state index is 12.5. The van der Waals surface area contributed by atoms with E-state index in [-0.39, 0.29) is 5.91 Å². The summed E-state index contributed by atoms with van der Waals surface area (Å²) < 4.78 is 5.82. The molecular weight excluding hydrogens is 386 g/mol. The molecule has 0 bridgehead atoms. The highest BCUT2D eigenvalue weighted by molar-refractivity contribution is 6.30. The summed E-state index contributed by atoms with van der Waals surface area (Å²) in [5.74, 6) is 0.156. The largest absolute Gasteiger partial charge is 0.488 e. The summed E-state index contributed by atoms with van der Waals surface area (Å²) in [5, 5.41) is 4.72. The number of hydrogen-bond donors (Lipinski definition) is 1. The Morgan fingerprint density at radius 2 is 1.72 bits per heavy atom. The molecule has 3 aromatic carbocycles.